The summed E-state index contributed by atoms with van der Waals surface area (Å²) in [6, 6.07) is 45.9. The van der Waals surface area contributed by atoms with Gasteiger partial charge in [0.25, 0.3) is 0 Å². The maximum Gasteiger partial charge on any atom is 0.333 e. The van der Waals surface area contributed by atoms with Crippen molar-refractivity contribution in [3.8, 4) is 11.1 Å². The fraction of sp³-hybridized carbons (Fsp3) is 0.176. The van der Waals surface area contributed by atoms with E-state index in [1.807, 2.05) is 11.3 Å². The number of hydrogen-bond donors (Lipinski definition) is 0. The highest BCUT2D eigenvalue weighted by molar-refractivity contribution is 7.27. The molecule has 10 aromatic rings. The van der Waals surface area contributed by atoms with E-state index in [2.05, 4.69) is 165 Å². The molecule has 13 rings (SSSR count). The van der Waals surface area contributed by atoms with Crippen molar-refractivity contribution in [3.05, 3.63) is 138 Å². The van der Waals surface area contributed by atoms with Crippen molar-refractivity contribution in [2.75, 3.05) is 4.90 Å². The first-order chi connectivity index (χ1) is 27.2. The highest BCUT2D eigenvalue weighted by atomic mass is 32.1. The summed E-state index contributed by atoms with van der Waals surface area (Å²) in [5.41, 5.74) is 17.9. The number of furan rings is 1. The van der Waals surface area contributed by atoms with Gasteiger partial charge in [-0.1, -0.05) is 125 Å². The monoisotopic (exact) mass is 738 g/mol. The Bertz CT molecular complexity index is 3410. The van der Waals surface area contributed by atoms with E-state index >= 15 is 0 Å². The van der Waals surface area contributed by atoms with Crippen LogP contribution in [0.2, 0.25) is 0 Å². The lowest BCUT2D eigenvalue weighted by Gasteiger charge is -2.44. The summed E-state index contributed by atoms with van der Waals surface area (Å²) in [7, 11) is 0. The largest absolute Gasteiger partial charge is 0.454 e. The van der Waals surface area contributed by atoms with Gasteiger partial charge in [-0.05, 0) is 98.8 Å². The van der Waals surface area contributed by atoms with E-state index in [0.717, 1.165) is 27.6 Å². The van der Waals surface area contributed by atoms with Crippen LogP contribution < -0.4 is 15.8 Å². The molecule has 5 heteroatoms. The summed E-state index contributed by atoms with van der Waals surface area (Å²) in [6.45, 7) is 12.0. The Hall–Kier alpha value is -5.78. The third-order valence-electron chi connectivity index (χ3n) is 13.9. The third kappa shape index (κ3) is 3.76. The number of anilines is 3. The van der Waals surface area contributed by atoms with E-state index in [-0.39, 0.29) is 17.7 Å². The highest BCUT2D eigenvalue weighted by Crippen LogP contribution is 2.54. The van der Waals surface area contributed by atoms with E-state index < -0.39 is 0 Å². The van der Waals surface area contributed by atoms with Crippen LogP contribution in [0.25, 0.3) is 75.0 Å². The molecular formula is C51H39BN2OS. The molecule has 0 fully saturated rings. The summed E-state index contributed by atoms with van der Waals surface area (Å²) in [4.78, 5) is 2.62. The van der Waals surface area contributed by atoms with Gasteiger partial charge in [-0.15, -0.1) is 11.3 Å². The molecule has 0 radical (unpaired) electrons. The van der Waals surface area contributed by atoms with Gasteiger partial charge in [-0.2, -0.15) is 0 Å². The number of rotatable bonds is 1. The predicted molar refractivity (Wildman–Crippen MR) is 240 cm³/mol. The number of aryl methyl sites for hydroxylation is 1. The molecule has 56 heavy (non-hydrogen) atoms. The van der Waals surface area contributed by atoms with Crippen LogP contribution in [0.4, 0.5) is 17.1 Å². The summed E-state index contributed by atoms with van der Waals surface area (Å²) in [5.74, 6) is 0. The maximum absolute atomic E-state index is 7.09. The molecule has 3 aliphatic rings. The molecule has 7 aromatic carbocycles. The molecule has 5 heterocycles. The Morgan fingerprint density at radius 3 is 2.20 bits per heavy atom. The molecule has 3 nitrogen and oxygen atoms in total. The Kier molecular flexibility index (Phi) is 5.80. The van der Waals surface area contributed by atoms with Crippen molar-refractivity contribution >= 4 is 110 Å². The zero-order valence-electron chi connectivity index (χ0n) is 32.2. The van der Waals surface area contributed by atoms with Gasteiger partial charge in [0, 0.05) is 48.7 Å². The lowest BCUT2D eigenvalue weighted by atomic mass is 9.44. The number of fused-ring (bicyclic) bond motifs is 16. The van der Waals surface area contributed by atoms with E-state index in [1.165, 1.54) is 105 Å². The van der Waals surface area contributed by atoms with Crippen LogP contribution in [0.3, 0.4) is 0 Å². The van der Waals surface area contributed by atoms with Crippen LogP contribution in [-0.2, 0) is 10.8 Å². The lowest BCUT2D eigenvalue weighted by molar-refractivity contribution is 0.332. The zero-order chi connectivity index (χ0) is 37.4. The predicted octanol–water partition coefficient (Wildman–Crippen LogP) is 13.1. The lowest BCUT2D eigenvalue weighted by Crippen LogP contribution is -2.56. The summed E-state index contributed by atoms with van der Waals surface area (Å²) >= 11 is 1.93. The number of para-hydroxylation sites is 2. The van der Waals surface area contributed by atoms with Crippen LogP contribution in [-0.4, -0.2) is 11.3 Å². The zero-order valence-corrected chi connectivity index (χ0v) is 33.1. The van der Waals surface area contributed by atoms with Gasteiger partial charge < -0.3 is 13.8 Å². The van der Waals surface area contributed by atoms with Crippen molar-refractivity contribution in [2.45, 2.75) is 58.3 Å². The maximum atomic E-state index is 7.09. The second-order valence-corrected chi connectivity index (χ2v) is 19.0. The minimum atomic E-state index is -0.0605. The first kappa shape index (κ1) is 31.4. The first-order valence-electron chi connectivity index (χ1n) is 20.1. The molecule has 2 aliphatic heterocycles. The van der Waals surface area contributed by atoms with Crippen molar-refractivity contribution in [3.63, 3.8) is 0 Å². The van der Waals surface area contributed by atoms with Crippen molar-refractivity contribution in [1.82, 2.24) is 4.48 Å². The molecule has 0 unspecified atom stereocenters. The van der Waals surface area contributed by atoms with Crippen LogP contribution >= 0.6 is 11.3 Å². The van der Waals surface area contributed by atoms with Crippen LogP contribution in [0.15, 0.2) is 126 Å². The van der Waals surface area contributed by atoms with E-state index in [4.69, 9.17) is 4.42 Å². The molecule has 0 bridgehead atoms. The number of hydrogen-bond acceptors (Lipinski definition) is 3. The van der Waals surface area contributed by atoms with Crippen LogP contribution in [0.5, 0.6) is 0 Å². The second kappa shape index (κ2) is 10.3. The van der Waals surface area contributed by atoms with Gasteiger partial charge in [-0.3, -0.25) is 0 Å². The third-order valence-corrected chi connectivity index (χ3v) is 15.1. The van der Waals surface area contributed by atoms with E-state index in [1.54, 1.807) is 0 Å². The quantitative estimate of drug-likeness (QED) is 0.156. The Labute approximate surface area is 329 Å². The van der Waals surface area contributed by atoms with Gasteiger partial charge >= 0.3 is 6.85 Å². The molecule has 3 aromatic heterocycles. The summed E-state index contributed by atoms with van der Waals surface area (Å²) < 4.78 is 12.5. The van der Waals surface area contributed by atoms with Crippen LogP contribution in [0, 0.1) is 6.92 Å². The van der Waals surface area contributed by atoms with Crippen LogP contribution in [0.1, 0.15) is 57.2 Å². The number of nitrogens with zero attached hydrogens (tertiary/aromatic N) is 2. The van der Waals surface area contributed by atoms with Crippen molar-refractivity contribution < 1.29 is 4.42 Å². The van der Waals surface area contributed by atoms with Gasteiger partial charge in [-0.25, -0.2) is 0 Å². The van der Waals surface area contributed by atoms with E-state index in [9.17, 15) is 0 Å². The summed E-state index contributed by atoms with van der Waals surface area (Å²) in [6.07, 6.45) is 2.35. The molecule has 0 amide bonds. The molecule has 268 valence electrons. The topological polar surface area (TPSA) is 21.3 Å². The standard InChI is InChI=1S/C51H39BN2OS/c1-28-25-36-37(51(4,5)24-23-50(36,2)3)27-39(28)53-40-26-29-13-6-7-14-30(29)43-34-17-12-18-35-45(34)54(46-33-16-9-11-20-42(33)56-49(35)46)52(44(40)43)38-22-21-32-31-15-8-10-19-41(31)55-48(32)47(38)53/h6-22,25-27H,23-24H2,1-5H3. The molecule has 0 saturated heterocycles. The number of thiophene rings is 1. The van der Waals surface area contributed by atoms with Gasteiger partial charge in [0.2, 0.25) is 0 Å². The second-order valence-electron chi connectivity index (χ2n) is 17.9. The fourth-order valence-electron chi connectivity index (χ4n) is 11.1. The fourth-order valence-corrected chi connectivity index (χ4v) is 12.3. The van der Waals surface area contributed by atoms with E-state index in [0.29, 0.717) is 0 Å². The Morgan fingerprint density at radius 2 is 1.36 bits per heavy atom. The molecular weight excluding hydrogens is 699 g/mol. The minimum Gasteiger partial charge on any atom is -0.454 e. The average Bonchev–Trinajstić information content (AvgIpc) is 3.88. The highest BCUT2D eigenvalue weighted by Gasteiger charge is 2.46. The smallest absolute Gasteiger partial charge is 0.333 e. The Morgan fingerprint density at radius 1 is 0.643 bits per heavy atom. The van der Waals surface area contributed by atoms with Crippen molar-refractivity contribution in [2.24, 2.45) is 0 Å². The minimum absolute atomic E-state index is 0.0595. The van der Waals surface area contributed by atoms with Gasteiger partial charge in [0.15, 0.2) is 5.58 Å². The molecule has 1 aliphatic carbocycles. The molecule has 0 saturated carbocycles. The molecule has 0 spiro atoms. The Balaban J connectivity index is 1.25. The number of benzene rings is 7. The van der Waals surface area contributed by atoms with Gasteiger partial charge in [0.05, 0.1) is 15.9 Å². The van der Waals surface area contributed by atoms with Crippen molar-refractivity contribution in [1.29, 1.82) is 0 Å². The number of aromatic nitrogens is 1. The summed E-state index contributed by atoms with van der Waals surface area (Å²) in [5, 5.41) is 7.54. The molecule has 0 atom stereocenters. The first-order valence-corrected chi connectivity index (χ1v) is 20.9. The normalized spacial score (nSPS) is 16.4. The SMILES string of the molecule is Cc1cc2c(cc1N1c3cc4ccccc4c4c3B(c3ccc5c(oc6ccccc65)c31)n1c3c-4cccc3c3sc4ccccc4c31)C(C)(C)CCC2(C)C. The average molecular weight is 739 g/mol. The van der Waals surface area contributed by atoms with Gasteiger partial charge in [0.1, 0.15) is 5.58 Å². The molecule has 0 N–H and O–H groups in total.